The number of carbonyl (C=O) groups is 2. The molecule has 0 bridgehead atoms. The Kier molecular flexibility index (Phi) is 8.17. The highest BCUT2D eigenvalue weighted by Crippen LogP contribution is 2.31. The van der Waals surface area contributed by atoms with E-state index in [0.29, 0.717) is 37.4 Å². The summed E-state index contributed by atoms with van der Waals surface area (Å²) in [6.07, 6.45) is 5.78. The summed E-state index contributed by atoms with van der Waals surface area (Å²) in [6, 6.07) is 10.8. The monoisotopic (exact) mass is 574 g/mol. The zero-order valence-electron chi connectivity index (χ0n) is 23.7. The molecule has 9 nitrogen and oxygen atoms in total. The number of ketones is 1. The normalized spacial score (nSPS) is 20.0. The third-order valence-electron chi connectivity index (χ3n) is 8.48. The number of allylic oxidation sites excluding steroid dienone is 3. The second-order valence-electron chi connectivity index (χ2n) is 11.3. The van der Waals surface area contributed by atoms with Crippen molar-refractivity contribution in [3.05, 3.63) is 76.5 Å². The highest BCUT2D eigenvalue weighted by molar-refractivity contribution is 5.97. The predicted octanol–water partition coefficient (Wildman–Crippen LogP) is 5.21. The zero-order valence-corrected chi connectivity index (χ0v) is 23.7. The Bertz CT molecular complexity index is 1570. The first-order chi connectivity index (χ1) is 20.4. The number of piperidine rings is 1. The molecule has 2 aromatic heterocycles. The topological polar surface area (TPSA) is 107 Å². The number of nitrogens with zero attached hydrogens (tertiary/aromatic N) is 4. The van der Waals surface area contributed by atoms with Crippen molar-refractivity contribution in [1.29, 1.82) is 0 Å². The highest BCUT2D eigenvalue weighted by Gasteiger charge is 2.26. The molecule has 0 spiro atoms. The van der Waals surface area contributed by atoms with Crippen molar-refractivity contribution in [3.8, 4) is 5.88 Å². The van der Waals surface area contributed by atoms with Gasteiger partial charge in [-0.3, -0.25) is 9.69 Å². The molecule has 2 saturated heterocycles. The van der Waals surface area contributed by atoms with Gasteiger partial charge in [-0.2, -0.15) is 0 Å². The molecule has 220 valence electrons. The van der Waals surface area contributed by atoms with E-state index in [1.165, 1.54) is 6.92 Å². The van der Waals surface area contributed by atoms with Crippen LogP contribution in [0.3, 0.4) is 0 Å². The van der Waals surface area contributed by atoms with E-state index in [1.807, 2.05) is 12.1 Å². The molecule has 2 fully saturated rings. The molecule has 6 rings (SSSR count). The number of Topliss-reactive ketones (excluding diaryl/α,β-unsaturated/α-hetero) is 1. The Hall–Kier alpha value is -3.89. The zero-order chi connectivity index (χ0) is 29.2. The van der Waals surface area contributed by atoms with Crippen LogP contribution in [0.1, 0.15) is 66.8 Å². The number of aromatic nitrogens is 3. The maximum Gasteiger partial charge on any atom is 0.335 e. The molecular formula is C32H35FN4O5. The van der Waals surface area contributed by atoms with Crippen LogP contribution in [0, 0.1) is 0 Å². The summed E-state index contributed by atoms with van der Waals surface area (Å²) in [5.74, 6) is -0.0259. The van der Waals surface area contributed by atoms with Gasteiger partial charge in [0.1, 0.15) is 18.3 Å². The number of pyridine rings is 1. The Labute approximate surface area is 243 Å². The first-order valence-corrected chi connectivity index (χ1v) is 14.6. The summed E-state index contributed by atoms with van der Waals surface area (Å²) in [7, 11) is 0. The molecule has 42 heavy (non-hydrogen) atoms. The van der Waals surface area contributed by atoms with Crippen molar-refractivity contribution in [2.45, 2.75) is 64.1 Å². The molecular weight excluding hydrogens is 539 g/mol. The molecule has 0 amide bonds. The van der Waals surface area contributed by atoms with Gasteiger partial charge in [0.15, 0.2) is 5.78 Å². The Balaban J connectivity index is 1.10. The summed E-state index contributed by atoms with van der Waals surface area (Å²) in [5, 5.41) is 9.50. The molecule has 0 radical (unpaired) electrons. The van der Waals surface area contributed by atoms with E-state index < -0.39 is 11.8 Å². The number of imidazole rings is 1. The number of halogens is 1. The molecule has 1 aliphatic carbocycles. The van der Waals surface area contributed by atoms with E-state index in [-0.39, 0.29) is 35.5 Å². The maximum atomic E-state index is 14.7. The summed E-state index contributed by atoms with van der Waals surface area (Å²) in [4.78, 5) is 35.3. The van der Waals surface area contributed by atoms with Crippen LogP contribution >= 0.6 is 0 Å². The van der Waals surface area contributed by atoms with Gasteiger partial charge in [0.25, 0.3) is 0 Å². The van der Waals surface area contributed by atoms with Crippen LogP contribution in [0.4, 0.5) is 4.39 Å². The summed E-state index contributed by atoms with van der Waals surface area (Å²) in [6.45, 7) is 5.29. The van der Waals surface area contributed by atoms with Crippen molar-refractivity contribution in [2.24, 2.45) is 0 Å². The standard InChI is InChI=1S/C32H35FN4O5/c1-20(38)25-5-2-4-23(31(25)33)19-42-30-7-3-6-26(35-30)21-10-13-36(14-11-21)18-29-34-27-9-8-22(32(39)40)16-28(27)37(29)17-24-12-15-41-24/h3,5-9,16,21,24H,2,4,10-15,17-19H2,1H3,(H,39,40). The number of ether oxygens (including phenoxy) is 2. The van der Waals surface area contributed by atoms with Gasteiger partial charge >= 0.3 is 5.97 Å². The van der Waals surface area contributed by atoms with Crippen LogP contribution in [-0.4, -0.2) is 68.7 Å². The number of benzene rings is 1. The largest absolute Gasteiger partial charge is 0.478 e. The molecule has 4 heterocycles. The number of rotatable bonds is 10. The van der Waals surface area contributed by atoms with Gasteiger partial charge in [-0.25, -0.2) is 19.2 Å². The quantitative estimate of drug-likeness (QED) is 0.352. The van der Waals surface area contributed by atoms with E-state index in [2.05, 4.69) is 9.47 Å². The van der Waals surface area contributed by atoms with E-state index in [4.69, 9.17) is 19.4 Å². The fraction of sp³-hybridized carbons (Fsp3) is 0.438. The van der Waals surface area contributed by atoms with Gasteiger partial charge < -0.3 is 19.1 Å². The van der Waals surface area contributed by atoms with Crippen molar-refractivity contribution >= 4 is 22.8 Å². The fourth-order valence-electron chi connectivity index (χ4n) is 5.96. The lowest BCUT2D eigenvalue weighted by atomic mass is 9.93. The number of carboxylic acid groups (broad SMARTS) is 1. The molecule has 2 aliphatic heterocycles. The molecule has 1 atom stereocenters. The van der Waals surface area contributed by atoms with Gasteiger partial charge in [-0.15, -0.1) is 0 Å². The Morgan fingerprint density at radius 2 is 1.95 bits per heavy atom. The van der Waals surface area contributed by atoms with Gasteiger partial charge in [0.05, 0.1) is 35.8 Å². The van der Waals surface area contributed by atoms with Gasteiger partial charge in [0.2, 0.25) is 5.88 Å². The summed E-state index contributed by atoms with van der Waals surface area (Å²) >= 11 is 0. The lowest BCUT2D eigenvalue weighted by Crippen LogP contribution is -2.35. The van der Waals surface area contributed by atoms with Gasteiger partial charge in [-0.05, 0) is 76.4 Å². The predicted molar refractivity (Wildman–Crippen MR) is 154 cm³/mol. The van der Waals surface area contributed by atoms with Crippen LogP contribution in [0.5, 0.6) is 5.88 Å². The maximum absolute atomic E-state index is 14.7. The molecule has 3 aliphatic rings. The van der Waals surface area contributed by atoms with Crippen LogP contribution in [0.25, 0.3) is 11.0 Å². The number of fused-ring (bicyclic) bond motifs is 1. The first-order valence-electron chi connectivity index (χ1n) is 14.6. The highest BCUT2D eigenvalue weighted by atomic mass is 19.1. The van der Waals surface area contributed by atoms with Crippen LogP contribution < -0.4 is 4.74 Å². The SMILES string of the molecule is CC(=O)C1=CCCC(COc2cccc(C3CCN(Cc4nc5ccc(C(=O)O)cc5n4CC4CCO4)CC3)n2)=C1F. The Morgan fingerprint density at radius 1 is 1.14 bits per heavy atom. The summed E-state index contributed by atoms with van der Waals surface area (Å²) < 4.78 is 28.4. The Morgan fingerprint density at radius 3 is 2.67 bits per heavy atom. The minimum absolute atomic E-state index is 0.0756. The van der Waals surface area contributed by atoms with Crippen molar-refractivity contribution in [2.75, 3.05) is 26.3 Å². The fourth-order valence-corrected chi connectivity index (χ4v) is 5.96. The molecule has 10 heteroatoms. The third kappa shape index (κ3) is 6.00. The molecule has 1 aromatic carbocycles. The average molecular weight is 575 g/mol. The van der Waals surface area contributed by atoms with Crippen molar-refractivity contribution in [1.82, 2.24) is 19.4 Å². The molecule has 0 saturated carbocycles. The number of likely N-dealkylation sites (tertiary alicyclic amines) is 1. The van der Waals surface area contributed by atoms with Crippen molar-refractivity contribution < 1.29 is 28.6 Å². The minimum Gasteiger partial charge on any atom is -0.478 e. The lowest BCUT2D eigenvalue weighted by molar-refractivity contribution is -0.113. The van der Waals surface area contributed by atoms with Gasteiger partial charge in [0, 0.05) is 35.4 Å². The summed E-state index contributed by atoms with van der Waals surface area (Å²) in [5.41, 5.74) is 3.48. The van der Waals surface area contributed by atoms with E-state index in [0.717, 1.165) is 61.5 Å². The van der Waals surface area contributed by atoms with Crippen molar-refractivity contribution in [3.63, 3.8) is 0 Å². The number of carbonyl (C=O) groups excluding carboxylic acids is 1. The first kappa shape index (κ1) is 28.2. The number of hydrogen-bond acceptors (Lipinski definition) is 7. The second-order valence-corrected chi connectivity index (χ2v) is 11.3. The number of carboxylic acids is 1. The van der Waals surface area contributed by atoms with Gasteiger partial charge in [-0.1, -0.05) is 12.1 Å². The number of aromatic carboxylic acids is 1. The third-order valence-corrected chi connectivity index (χ3v) is 8.48. The molecule has 1 unspecified atom stereocenters. The molecule has 3 aromatic rings. The lowest BCUT2D eigenvalue weighted by Gasteiger charge is -2.32. The van der Waals surface area contributed by atoms with E-state index in [1.54, 1.807) is 30.3 Å². The van der Waals surface area contributed by atoms with Crippen LogP contribution in [-0.2, 0) is 22.6 Å². The second kappa shape index (κ2) is 12.1. The van der Waals surface area contributed by atoms with E-state index in [9.17, 15) is 19.1 Å². The van der Waals surface area contributed by atoms with E-state index >= 15 is 0 Å². The smallest absolute Gasteiger partial charge is 0.335 e. The number of hydrogen-bond donors (Lipinski definition) is 1. The van der Waals surface area contributed by atoms with Crippen LogP contribution in [0.15, 0.2) is 59.4 Å². The average Bonchev–Trinajstić information content (AvgIpc) is 3.30. The minimum atomic E-state index is -0.950. The van der Waals surface area contributed by atoms with Crippen LogP contribution in [0.2, 0.25) is 0 Å². The molecule has 1 N–H and O–H groups in total.